The molecule has 0 saturated carbocycles. The minimum Gasteiger partial charge on any atom is -0.569 e. The molecule has 0 amide bonds. The Hall–Kier alpha value is -2.06. The van der Waals surface area contributed by atoms with Gasteiger partial charge in [-0.25, -0.2) is 4.79 Å². The predicted octanol–water partition coefficient (Wildman–Crippen LogP) is 0.891. The first-order chi connectivity index (χ1) is 9.23. The number of hydrogen-bond donors (Lipinski definition) is 1. The lowest BCUT2D eigenvalue weighted by Gasteiger charge is -2.17. The second-order valence-electron chi connectivity index (χ2n) is 5.42. The van der Waals surface area contributed by atoms with Gasteiger partial charge in [-0.3, -0.25) is 4.79 Å². The third-order valence-corrected chi connectivity index (χ3v) is 2.71. The van der Waals surface area contributed by atoms with Crippen LogP contribution in [0.4, 0.5) is 0 Å². The van der Waals surface area contributed by atoms with E-state index in [-0.39, 0.29) is 11.5 Å². The molecule has 9 heteroatoms. The molecule has 0 aromatic rings. The average molecular weight is 289 g/mol. The van der Waals surface area contributed by atoms with Gasteiger partial charge in [-0.05, 0) is 33.6 Å². The van der Waals surface area contributed by atoms with Crippen molar-refractivity contribution in [3.63, 3.8) is 0 Å². The Balaban J connectivity index is 2.42. The molecule has 1 heterocycles. The van der Waals surface area contributed by atoms with Crippen molar-refractivity contribution < 1.29 is 29.2 Å². The van der Waals surface area contributed by atoms with E-state index >= 15 is 0 Å². The summed E-state index contributed by atoms with van der Waals surface area (Å²) >= 11 is 0. The van der Waals surface area contributed by atoms with Crippen LogP contribution in [0.25, 0.3) is 0 Å². The van der Waals surface area contributed by atoms with Gasteiger partial charge >= 0.3 is 11.9 Å². The fourth-order valence-electron chi connectivity index (χ4n) is 1.62. The number of esters is 1. The van der Waals surface area contributed by atoms with E-state index in [4.69, 9.17) is 9.84 Å². The van der Waals surface area contributed by atoms with Crippen molar-refractivity contribution in [2.24, 2.45) is 10.7 Å². The average Bonchev–Trinajstić information content (AvgIpc) is 2.82. The van der Waals surface area contributed by atoms with Crippen LogP contribution in [-0.4, -0.2) is 46.4 Å². The van der Waals surface area contributed by atoms with E-state index in [0.29, 0.717) is 12.8 Å². The Labute approximate surface area is 116 Å². The molecule has 1 N–H and O–H groups in total. The molecule has 0 aromatic heterocycles. The maximum atomic E-state index is 11.5. The van der Waals surface area contributed by atoms with E-state index in [0.717, 1.165) is 5.01 Å². The van der Waals surface area contributed by atoms with Gasteiger partial charge in [0, 0.05) is 0 Å². The standard InChI is InChI=1S/C11H19N3O6/c1-11(2,3)10(17)19-7-20-12-14(18)13-6-4-5-8(13)9(15)16/h8H,4-7H2,1-3H3,(H,15,16)/b14-12-/t8-/m0/s1. The third-order valence-electron chi connectivity index (χ3n) is 2.71. The lowest BCUT2D eigenvalue weighted by Crippen LogP contribution is -2.40. The SMILES string of the molecule is CC(C)(C)C(=O)OCO/N=[N+](\[O-])N1CCC[C@H]1C(=O)O. The summed E-state index contributed by atoms with van der Waals surface area (Å²) < 4.78 is 4.74. The molecule has 0 unspecified atom stereocenters. The van der Waals surface area contributed by atoms with Crippen molar-refractivity contribution in [2.45, 2.75) is 39.7 Å². The van der Waals surface area contributed by atoms with Crippen LogP contribution in [0.5, 0.6) is 0 Å². The van der Waals surface area contributed by atoms with Gasteiger partial charge < -0.3 is 19.9 Å². The molecule has 1 rings (SSSR count). The Morgan fingerprint density at radius 2 is 2.15 bits per heavy atom. The van der Waals surface area contributed by atoms with E-state index in [1.54, 1.807) is 20.8 Å². The van der Waals surface area contributed by atoms with Crippen LogP contribution < -0.4 is 0 Å². The molecule has 1 aliphatic heterocycles. The zero-order valence-corrected chi connectivity index (χ0v) is 11.7. The highest BCUT2D eigenvalue weighted by Crippen LogP contribution is 2.17. The summed E-state index contributed by atoms with van der Waals surface area (Å²) in [4.78, 5) is 26.9. The first-order valence-corrected chi connectivity index (χ1v) is 6.20. The Morgan fingerprint density at radius 1 is 1.50 bits per heavy atom. The number of nitrogens with zero attached hydrogens (tertiary/aromatic N) is 3. The van der Waals surface area contributed by atoms with E-state index in [9.17, 15) is 14.8 Å². The van der Waals surface area contributed by atoms with Gasteiger partial charge in [0.2, 0.25) is 5.28 Å². The Morgan fingerprint density at radius 3 is 2.70 bits per heavy atom. The minimum atomic E-state index is -1.09. The number of aliphatic carboxylic acids is 1. The zero-order chi connectivity index (χ0) is 15.3. The number of carboxylic acids is 1. The molecule has 9 nitrogen and oxygen atoms in total. The number of carboxylic acid groups (broad SMARTS) is 1. The van der Waals surface area contributed by atoms with Crippen molar-refractivity contribution >= 4 is 11.9 Å². The summed E-state index contributed by atoms with van der Waals surface area (Å²) in [7, 11) is 0. The van der Waals surface area contributed by atoms with Gasteiger partial charge in [-0.15, -0.1) is 5.01 Å². The van der Waals surface area contributed by atoms with E-state index in [2.05, 4.69) is 10.1 Å². The van der Waals surface area contributed by atoms with Crippen LogP contribution in [0.2, 0.25) is 0 Å². The molecule has 0 spiro atoms. The molecule has 0 radical (unpaired) electrons. The van der Waals surface area contributed by atoms with Gasteiger partial charge in [-0.1, -0.05) is 0 Å². The normalized spacial score (nSPS) is 19.9. The Kier molecular flexibility index (Phi) is 5.12. The summed E-state index contributed by atoms with van der Waals surface area (Å²) in [5.41, 5.74) is -0.677. The van der Waals surface area contributed by atoms with Crippen molar-refractivity contribution in [3.05, 3.63) is 5.21 Å². The summed E-state index contributed by atoms with van der Waals surface area (Å²) in [5, 5.41) is 24.6. The molecule has 1 fully saturated rings. The molecular formula is C11H19N3O6. The van der Waals surface area contributed by atoms with E-state index < -0.39 is 30.2 Å². The van der Waals surface area contributed by atoms with Gasteiger partial charge in [0.1, 0.15) is 0 Å². The first-order valence-electron chi connectivity index (χ1n) is 6.20. The second-order valence-corrected chi connectivity index (χ2v) is 5.42. The van der Waals surface area contributed by atoms with Crippen LogP contribution in [0.3, 0.4) is 0 Å². The van der Waals surface area contributed by atoms with E-state index in [1.807, 2.05) is 0 Å². The molecule has 0 bridgehead atoms. The molecule has 20 heavy (non-hydrogen) atoms. The van der Waals surface area contributed by atoms with Gasteiger partial charge in [-0.2, -0.15) is 0 Å². The maximum Gasteiger partial charge on any atom is 0.332 e. The smallest absolute Gasteiger partial charge is 0.332 e. The van der Waals surface area contributed by atoms with Crippen molar-refractivity contribution in [1.29, 1.82) is 0 Å². The second kappa shape index (κ2) is 6.40. The van der Waals surface area contributed by atoms with Crippen LogP contribution >= 0.6 is 0 Å². The summed E-state index contributed by atoms with van der Waals surface area (Å²) in [6.45, 7) is 4.81. The fourth-order valence-corrected chi connectivity index (χ4v) is 1.62. The minimum absolute atomic E-state index is 0.0801. The molecule has 0 aliphatic carbocycles. The van der Waals surface area contributed by atoms with Gasteiger partial charge in [0.05, 0.1) is 16.9 Å². The summed E-state index contributed by atoms with van der Waals surface area (Å²) in [5.74, 6) is -1.58. The Bertz CT molecular complexity index is 403. The van der Waals surface area contributed by atoms with Gasteiger partial charge in [0.15, 0.2) is 6.04 Å². The quantitative estimate of drug-likeness (QED) is 0.199. The predicted molar refractivity (Wildman–Crippen MR) is 64.9 cm³/mol. The third kappa shape index (κ3) is 4.25. The molecule has 1 atom stereocenters. The molecule has 1 aliphatic rings. The number of rotatable bonds is 5. The fraction of sp³-hybridized carbons (Fsp3) is 0.818. The molecule has 1 saturated heterocycles. The van der Waals surface area contributed by atoms with Crippen molar-refractivity contribution in [3.8, 4) is 0 Å². The topological polar surface area (TPSA) is 114 Å². The van der Waals surface area contributed by atoms with Crippen molar-refractivity contribution in [1.82, 2.24) is 5.01 Å². The number of hydrogen-bond acceptors (Lipinski definition) is 6. The highest BCUT2D eigenvalue weighted by Gasteiger charge is 2.36. The van der Waals surface area contributed by atoms with Crippen LogP contribution in [-0.2, 0) is 19.2 Å². The summed E-state index contributed by atoms with van der Waals surface area (Å²) in [6, 6.07) is -0.906. The number of carbonyl (C=O) groups is 2. The lowest BCUT2D eigenvalue weighted by molar-refractivity contribution is -0.712. The van der Waals surface area contributed by atoms with Crippen molar-refractivity contribution in [2.75, 3.05) is 13.3 Å². The molecular weight excluding hydrogens is 270 g/mol. The van der Waals surface area contributed by atoms with Crippen LogP contribution in [0, 0.1) is 10.6 Å². The van der Waals surface area contributed by atoms with Gasteiger partial charge in [0.25, 0.3) is 6.79 Å². The number of hydrazine groups is 1. The molecule has 114 valence electrons. The first kappa shape index (κ1) is 16.0. The number of carbonyl (C=O) groups excluding carboxylic acids is 1. The zero-order valence-electron chi connectivity index (χ0n) is 11.7. The number of ether oxygens (including phenoxy) is 1. The molecule has 0 aromatic carbocycles. The van der Waals surface area contributed by atoms with Crippen LogP contribution in [0.15, 0.2) is 5.28 Å². The maximum absolute atomic E-state index is 11.5. The highest BCUT2D eigenvalue weighted by atomic mass is 16.8. The lowest BCUT2D eigenvalue weighted by atomic mass is 9.98. The largest absolute Gasteiger partial charge is 0.569 e. The summed E-state index contributed by atoms with van der Waals surface area (Å²) in [6.07, 6.45) is 0.965. The highest BCUT2D eigenvalue weighted by molar-refractivity contribution is 5.75. The monoisotopic (exact) mass is 289 g/mol. The van der Waals surface area contributed by atoms with Crippen LogP contribution in [0.1, 0.15) is 33.6 Å². The van der Waals surface area contributed by atoms with E-state index in [1.165, 1.54) is 0 Å².